The number of carbonyl (C=O) groups excluding carboxylic acids is 1. The minimum Gasteiger partial charge on any atom is -0.337 e. The third kappa shape index (κ3) is 3.45. The monoisotopic (exact) mass is 396 g/mol. The fourth-order valence-electron chi connectivity index (χ4n) is 3.37. The van der Waals surface area contributed by atoms with Crippen molar-refractivity contribution < 1.29 is 4.79 Å². The second kappa shape index (κ2) is 7.59. The Labute approximate surface area is 168 Å². The molecule has 1 fully saturated rings. The van der Waals surface area contributed by atoms with Crippen LogP contribution in [0.1, 0.15) is 21.7 Å². The molecule has 0 saturated carbocycles. The molecular weight excluding hydrogens is 376 g/mol. The molecule has 3 aromatic rings. The summed E-state index contributed by atoms with van der Waals surface area (Å²) >= 11 is 6.23. The molecule has 1 aromatic carbocycles. The summed E-state index contributed by atoms with van der Waals surface area (Å²) in [6, 6.07) is 9.28. The first-order valence-electron chi connectivity index (χ1n) is 9.18. The van der Waals surface area contributed by atoms with Crippen molar-refractivity contribution in [2.24, 2.45) is 0 Å². The number of hydrogen-bond donors (Lipinski definition) is 0. The number of hydrogen-bond acceptors (Lipinski definition) is 5. The Morgan fingerprint density at radius 2 is 1.64 bits per heavy atom. The van der Waals surface area contributed by atoms with E-state index in [1.54, 1.807) is 23.1 Å². The van der Waals surface area contributed by atoms with Gasteiger partial charge in [-0.15, -0.1) is 0 Å². The summed E-state index contributed by atoms with van der Waals surface area (Å²) in [5.74, 6) is 0.745. The van der Waals surface area contributed by atoms with Gasteiger partial charge in [0.25, 0.3) is 5.91 Å². The Balaban J connectivity index is 1.44. The van der Waals surface area contributed by atoms with Crippen LogP contribution in [-0.2, 0) is 0 Å². The van der Waals surface area contributed by atoms with Crippen LogP contribution in [0.4, 0.5) is 5.95 Å². The smallest absolute Gasteiger partial charge is 0.253 e. The molecule has 2 aromatic heterocycles. The Hall–Kier alpha value is -2.93. The number of benzene rings is 1. The highest BCUT2D eigenvalue weighted by Crippen LogP contribution is 2.23. The molecule has 1 aliphatic heterocycles. The number of carbonyl (C=O) groups is 1. The number of halogens is 1. The molecule has 1 saturated heterocycles. The Morgan fingerprint density at radius 1 is 1.00 bits per heavy atom. The average Bonchev–Trinajstić information content (AvgIpc) is 3.01. The highest BCUT2D eigenvalue weighted by atomic mass is 35.5. The van der Waals surface area contributed by atoms with Crippen LogP contribution >= 0.6 is 11.6 Å². The van der Waals surface area contributed by atoms with E-state index in [2.05, 4.69) is 20.0 Å². The van der Waals surface area contributed by atoms with Crippen molar-refractivity contribution in [3.63, 3.8) is 0 Å². The minimum atomic E-state index is 0.0339. The number of piperazine rings is 1. The molecular formula is C20H21ClN6O. The Morgan fingerprint density at radius 3 is 2.21 bits per heavy atom. The SMILES string of the molecule is Cc1nn(-c2ccc(C(=O)N3CCN(c4ncccn4)CC3)cc2)c(C)c1Cl. The van der Waals surface area contributed by atoms with Gasteiger partial charge in [-0.3, -0.25) is 4.79 Å². The van der Waals surface area contributed by atoms with Crippen molar-refractivity contribution in [2.45, 2.75) is 13.8 Å². The third-order valence-corrected chi connectivity index (χ3v) is 5.51. The van der Waals surface area contributed by atoms with Crippen molar-refractivity contribution in [1.82, 2.24) is 24.6 Å². The van der Waals surface area contributed by atoms with E-state index in [1.165, 1.54) is 0 Å². The molecule has 1 amide bonds. The number of aryl methyl sites for hydroxylation is 1. The third-order valence-electron chi connectivity index (χ3n) is 4.96. The zero-order chi connectivity index (χ0) is 19.7. The van der Waals surface area contributed by atoms with Crippen LogP contribution in [-0.4, -0.2) is 56.7 Å². The largest absolute Gasteiger partial charge is 0.337 e. The molecule has 4 rings (SSSR count). The standard InChI is InChI=1S/C20H21ClN6O/c1-14-18(21)15(2)27(24-14)17-6-4-16(5-7-17)19(28)25-10-12-26(13-11-25)20-22-8-3-9-23-20/h3-9H,10-13H2,1-2H3. The van der Waals surface area contributed by atoms with Gasteiger partial charge in [-0.1, -0.05) is 11.6 Å². The highest BCUT2D eigenvalue weighted by Gasteiger charge is 2.23. The van der Waals surface area contributed by atoms with Gasteiger partial charge in [-0.2, -0.15) is 5.10 Å². The fraction of sp³-hybridized carbons (Fsp3) is 0.300. The van der Waals surface area contributed by atoms with Gasteiger partial charge >= 0.3 is 0 Å². The van der Waals surface area contributed by atoms with Crippen LogP contribution in [0.3, 0.4) is 0 Å². The summed E-state index contributed by atoms with van der Waals surface area (Å²) in [5, 5.41) is 5.12. The van der Waals surface area contributed by atoms with Gasteiger partial charge in [0.1, 0.15) is 0 Å². The average molecular weight is 397 g/mol. The molecule has 0 unspecified atom stereocenters. The molecule has 0 N–H and O–H groups in total. The molecule has 8 heteroatoms. The molecule has 0 aliphatic carbocycles. The Kier molecular flexibility index (Phi) is 5.00. The van der Waals surface area contributed by atoms with Gasteiger partial charge in [-0.05, 0) is 44.2 Å². The van der Waals surface area contributed by atoms with Crippen LogP contribution in [0.25, 0.3) is 5.69 Å². The second-order valence-electron chi connectivity index (χ2n) is 6.77. The van der Waals surface area contributed by atoms with Gasteiger partial charge in [0, 0.05) is 44.1 Å². The van der Waals surface area contributed by atoms with Gasteiger partial charge < -0.3 is 9.80 Å². The first-order chi connectivity index (χ1) is 13.5. The molecule has 144 valence electrons. The van der Waals surface area contributed by atoms with Crippen molar-refractivity contribution in [3.8, 4) is 5.69 Å². The topological polar surface area (TPSA) is 67.2 Å². The molecule has 1 aliphatic rings. The van der Waals surface area contributed by atoms with E-state index in [-0.39, 0.29) is 5.91 Å². The molecule has 0 spiro atoms. The molecule has 28 heavy (non-hydrogen) atoms. The molecule has 0 radical (unpaired) electrons. The lowest BCUT2D eigenvalue weighted by atomic mass is 10.1. The van der Waals surface area contributed by atoms with Gasteiger partial charge in [0.05, 0.1) is 22.1 Å². The van der Waals surface area contributed by atoms with Crippen LogP contribution in [0.2, 0.25) is 5.02 Å². The summed E-state index contributed by atoms with van der Waals surface area (Å²) < 4.78 is 1.80. The minimum absolute atomic E-state index is 0.0339. The molecule has 7 nitrogen and oxygen atoms in total. The zero-order valence-corrected chi connectivity index (χ0v) is 16.6. The van der Waals surface area contributed by atoms with Crippen molar-refractivity contribution in [1.29, 1.82) is 0 Å². The lowest BCUT2D eigenvalue weighted by Gasteiger charge is -2.34. The fourth-order valence-corrected chi connectivity index (χ4v) is 3.48. The van der Waals surface area contributed by atoms with Crippen LogP contribution in [0.5, 0.6) is 0 Å². The second-order valence-corrected chi connectivity index (χ2v) is 7.15. The predicted octanol–water partition coefficient (Wildman–Crippen LogP) is 2.89. The highest BCUT2D eigenvalue weighted by molar-refractivity contribution is 6.31. The van der Waals surface area contributed by atoms with Gasteiger partial charge in [0.2, 0.25) is 5.95 Å². The number of anilines is 1. The van der Waals surface area contributed by atoms with E-state index in [9.17, 15) is 4.79 Å². The Bertz CT molecular complexity index is 978. The summed E-state index contributed by atoms with van der Waals surface area (Å²) in [6.07, 6.45) is 3.47. The van der Waals surface area contributed by atoms with Crippen LogP contribution in [0, 0.1) is 13.8 Å². The van der Waals surface area contributed by atoms with Crippen LogP contribution in [0.15, 0.2) is 42.7 Å². The molecule has 0 atom stereocenters. The van der Waals surface area contributed by atoms with E-state index >= 15 is 0 Å². The summed E-state index contributed by atoms with van der Waals surface area (Å²) in [6.45, 7) is 6.54. The van der Waals surface area contributed by atoms with Crippen molar-refractivity contribution in [2.75, 3.05) is 31.1 Å². The number of nitrogens with zero attached hydrogens (tertiary/aromatic N) is 6. The number of aromatic nitrogens is 4. The van der Waals surface area contributed by atoms with Crippen molar-refractivity contribution >= 4 is 23.5 Å². The maximum absolute atomic E-state index is 12.8. The van der Waals surface area contributed by atoms with E-state index in [1.807, 2.05) is 43.0 Å². The van der Waals surface area contributed by atoms with E-state index in [0.717, 1.165) is 30.2 Å². The zero-order valence-electron chi connectivity index (χ0n) is 15.8. The number of amides is 1. The number of rotatable bonds is 3. The first-order valence-corrected chi connectivity index (χ1v) is 9.56. The molecule has 0 bridgehead atoms. The van der Waals surface area contributed by atoms with E-state index in [4.69, 9.17) is 11.6 Å². The van der Waals surface area contributed by atoms with Crippen LogP contribution < -0.4 is 4.90 Å². The maximum atomic E-state index is 12.8. The maximum Gasteiger partial charge on any atom is 0.253 e. The summed E-state index contributed by atoms with van der Waals surface area (Å²) in [4.78, 5) is 25.4. The van der Waals surface area contributed by atoms with Gasteiger partial charge in [0.15, 0.2) is 0 Å². The lowest BCUT2D eigenvalue weighted by Crippen LogP contribution is -2.49. The summed E-state index contributed by atoms with van der Waals surface area (Å²) in [7, 11) is 0. The van der Waals surface area contributed by atoms with Gasteiger partial charge in [-0.25, -0.2) is 14.6 Å². The molecule has 3 heterocycles. The van der Waals surface area contributed by atoms with E-state index < -0.39 is 0 Å². The lowest BCUT2D eigenvalue weighted by molar-refractivity contribution is 0.0746. The normalized spacial score (nSPS) is 14.4. The predicted molar refractivity (Wildman–Crippen MR) is 108 cm³/mol. The summed E-state index contributed by atoms with van der Waals surface area (Å²) in [5.41, 5.74) is 3.23. The quantitative estimate of drug-likeness (QED) is 0.681. The van der Waals surface area contributed by atoms with Crippen molar-refractivity contribution in [3.05, 3.63) is 64.7 Å². The first kappa shape index (κ1) is 18.4. The van der Waals surface area contributed by atoms with E-state index in [0.29, 0.717) is 29.6 Å².